The minimum absolute atomic E-state index is 0.145. The Labute approximate surface area is 127 Å². The molecule has 1 aromatic carbocycles. The molecule has 1 heterocycles. The number of benzene rings is 1. The summed E-state index contributed by atoms with van der Waals surface area (Å²) in [6, 6.07) is 11.2. The number of amides is 1. The van der Waals surface area contributed by atoms with Crippen LogP contribution in [-0.2, 0) is 16.0 Å². The summed E-state index contributed by atoms with van der Waals surface area (Å²) in [7, 11) is 0. The average molecular weight is 303 g/mol. The van der Waals surface area contributed by atoms with Gasteiger partial charge in [0.1, 0.15) is 5.00 Å². The van der Waals surface area contributed by atoms with E-state index in [0.29, 0.717) is 17.2 Å². The van der Waals surface area contributed by atoms with Crippen LogP contribution >= 0.6 is 11.3 Å². The van der Waals surface area contributed by atoms with Gasteiger partial charge in [0.05, 0.1) is 18.6 Å². The Morgan fingerprint density at radius 1 is 1.24 bits per heavy atom. The number of carbonyl (C=O) groups excluding carboxylic acids is 2. The highest BCUT2D eigenvalue weighted by Crippen LogP contribution is 2.28. The average Bonchev–Trinajstić information content (AvgIpc) is 2.81. The van der Waals surface area contributed by atoms with Crippen molar-refractivity contribution in [3.05, 3.63) is 52.4 Å². The number of rotatable bonds is 5. The number of aryl methyl sites for hydroxylation is 1. The van der Waals surface area contributed by atoms with Crippen molar-refractivity contribution >= 4 is 28.2 Å². The Kier molecular flexibility index (Phi) is 5.11. The lowest BCUT2D eigenvalue weighted by atomic mass is 10.1. The van der Waals surface area contributed by atoms with Crippen LogP contribution in [0.1, 0.15) is 27.7 Å². The molecule has 1 amide bonds. The van der Waals surface area contributed by atoms with E-state index >= 15 is 0 Å². The van der Waals surface area contributed by atoms with Crippen LogP contribution in [0.15, 0.2) is 36.4 Å². The van der Waals surface area contributed by atoms with Gasteiger partial charge in [-0.05, 0) is 25.5 Å². The van der Waals surface area contributed by atoms with E-state index in [-0.39, 0.29) is 12.3 Å². The predicted molar refractivity (Wildman–Crippen MR) is 83.8 cm³/mol. The van der Waals surface area contributed by atoms with E-state index in [1.54, 1.807) is 13.0 Å². The second-order valence-electron chi connectivity index (χ2n) is 4.53. The molecular weight excluding hydrogens is 286 g/mol. The largest absolute Gasteiger partial charge is 0.462 e. The van der Waals surface area contributed by atoms with Gasteiger partial charge in [-0.1, -0.05) is 30.3 Å². The monoisotopic (exact) mass is 303 g/mol. The Balaban J connectivity index is 2.09. The van der Waals surface area contributed by atoms with E-state index in [2.05, 4.69) is 5.32 Å². The quantitative estimate of drug-likeness (QED) is 0.861. The maximum Gasteiger partial charge on any atom is 0.341 e. The van der Waals surface area contributed by atoms with E-state index in [0.717, 1.165) is 10.4 Å². The molecule has 110 valence electrons. The van der Waals surface area contributed by atoms with Crippen LogP contribution in [0, 0.1) is 6.92 Å². The lowest BCUT2D eigenvalue weighted by Crippen LogP contribution is -2.16. The zero-order valence-corrected chi connectivity index (χ0v) is 12.8. The third-order valence-electron chi connectivity index (χ3n) is 2.81. The first-order valence-electron chi connectivity index (χ1n) is 6.71. The molecule has 0 aliphatic heterocycles. The maximum atomic E-state index is 12.1. The summed E-state index contributed by atoms with van der Waals surface area (Å²) in [5.74, 6) is -0.551. The van der Waals surface area contributed by atoms with Crippen LogP contribution in [0.4, 0.5) is 5.00 Å². The summed E-state index contributed by atoms with van der Waals surface area (Å²) in [5.41, 5.74) is 1.35. The molecule has 0 saturated carbocycles. The Morgan fingerprint density at radius 3 is 2.62 bits per heavy atom. The fourth-order valence-corrected chi connectivity index (χ4v) is 2.84. The van der Waals surface area contributed by atoms with Crippen molar-refractivity contribution in [1.29, 1.82) is 0 Å². The van der Waals surface area contributed by atoms with Gasteiger partial charge in [0.2, 0.25) is 5.91 Å². The van der Waals surface area contributed by atoms with Crippen molar-refractivity contribution in [2.24, 2.45) is 0 Å². The van der Waals surface area contributed by atoms with Crippen LogP contribution in [-0.4, -0.2) is 18.5 Å². The van der Waals surface area contributed by atoms with E-state index in [1.807, 2.05) is 37.3 Å². The summed E-state index contributed by atoms with van der Waals surface area (Å²) < 4.78 is 5.00. The van der Waals surface area contributed by atoms with Crippen LogP contribution < -0.4 is 5.32 Å². The van der Waals surface area contributed by atoms with Gasteiger partial charge in [-0.15, -0.1) is 11.3 Å². The van der Waals surface area contributed by atoms with E-state index in [4.69, 9.17) is 4.74 Å². The molecule has 0 atom stereocenters. The molecule has 1 aromatic heterocycles. The molecule has 0 saturated heterocycles. The number of anilines is 1. The topological polar surface area (TPSA) is 55.4 Å². The third-order valence-corrected chi connectivity index (χ3v) is 3.78. The fourth-order valence-electron chi connectivity index (χ4n) is 1.92. The van der Waals surface area contributed by atoms with Crippen LogP contribution in [0.25, 0.3) is 0 Å². The minimum Gasteiger partial charge on any atom is -0.462 e. The smallest absolute Gasteiger partial charge is 0.341 e. The van der Waals surface area contributed by atoms with E-state index in [9.17, 15) is 9.59 Å². The van der Waals surface area contributed by atoms with Gasteiger partial charge in [-0.25, -0.2) is 4.79 Å². The number of nitrogens with one attached hydrogen (secondary N) is 1. The van der Waals surface area contributed by atoms with Crippen molar-refractivity contribution in [2.45, 2.75) is 20.3 Å². The summed E-state index contributed by atoms with van der Waals surface area (Å²) >= 11 is 1.37. The molecule has 0 spiro atoms. The fraction of sp³-hybridized carbons (Fsp3) is 0.250. The second-order valence-corrected chi connectivity index (χ2v) is 5.79. The number of thiophene rings is 1. The molecule has 4 nitrogen and oxygen atoms in total. The summed E-state index contributed by atoms with van der Waals surface area (Å²) in [6.07, 6.45) is 0.278. The third kappa shape index (κ3) is 4.16. The van der Waals surface area contributed by atoms with Crippen molar-refractivity contribution in [1.82, 2.24) is 0 Å². The second kappa shape index (κ2) is 7.04. The van der Waals surface area contributed by atoms with Crippen molar-refractivity contribution in [3.8, 4) is 0 Å². The zero-order chi connectivity index (χ0) is 15.2. The van der Waals surface area contributed by atoms with Gasteiger partial charge < -0.3 is 10.1 Å². The molecule has 0 aliphatic rings. The highest BCUT2D eigenvalue weighted by molar-refractivity contribution is 7.16. The molecule has 0 bridgehead atoms. The van der Waals surface area contributed by atoms with Crippen LogP contribution in [0.5, 0.6) is 0 Å². The Hall–Kier alpha value is -2.14. The zero-order valence-electron chi connectivity index (χ0n) is 12.0. The van der Waals surface area contributed by atoms with Crippen LogP contribution in [0.2, 0.25) is 0 Å². The molecule has 2 aromatic rings. The predicted octanol–water partition coefficient (Wildman–Crippen LogP) is 3.41. The van der Waals surface area contributed by atoms with Gasteiger partial charge in [-0.2, -0.15) is 0 Å². The maximum absolute atomic E-state index is 12.1. The molecular formula is C16H17NO3S. The lowest BCUT2D eigenvalue weighted by Gasteiger charge is -2.06. The summed E-state index contributed by atoms with van der Waals surface area (Å²) in [5, 5.41) is 3.35. The van der Waals surface area contributed by atoms with Crippen molar-refractivity contribution < 1.29 is 14.3 Å². The van der Waals surface area contributed by atoms with E-state index < -0.39 is 5.97 Å². The lowest BCUT2D eigenvalue weighted by molar-refractivity contribution is -0.115. The van der Waals surface area contributed by atoms with Crippen molar-refractivity contribution in [3.63, 3.8) is 0 Å². The Bertz CT molecular complexity index is 634. The summed E-state index contributed by atoms with van der Waals surface area (Å²) in [6.45, 7) is 3.95. The molecule has 2 rings (SSSR count). The van der Waals surface area contributed by atoms with Crippen molar-refractivity contribution in [2.75, 3.05) is 11.9 Å². The minimum atomic E-state index is -0.406. The number of hydrogen-bond donors (Lipinski definition) is 1. The molecule has 0 unspecified atom stereocenters. The van der Waals surface area contributed by atoms with Gasteiger partial charge in [0.15, 0.2) is 0 Å². The van der Waals surface area contributed by atoms with E-state index in [1.165, 1.54) is 11.3 Å². The number of carbonyl (C=O) groups is 2. The first kappa shape index (κ1) is 15.3. The number of ether oxygens (including phenoxy) is 1. The van der Waals surface area contributed by atoms with Gasteiger partial charge in [-0.3, -0.25) is 4.79 Å². The number of esters is 1. The molecule has 0 radical (unpaired) electrons. The number of hydrogen-bond acceptors (Lipinski definition) is 4. The Morgan fingerprint density at radius 2 is 1.95 bits per heavy atom. The van der Waals surface area contributed by atoms with Crippen LogP contribution in [0.3, 0.4) is 0 Å². The molecule has 1 N–H and O–H groups in total. The van der Waals surface area contributed by atoms with Gasteiger partial charge in [0, 0.05) is 4.88 Å². The molecule has 0 aliphatic carbocycles. The summed E-state index contributed by atoms with van der Waals surface area (Å²) in [4.78, 5) is 24.9. The first-order valence-corrected chi connectivity index (χ1v) is 7.53. The standard InChI is InChI=1S/C16H17NO3S/c1-3-20-16(19)13-9-11(2)21-15(13)17-14(18)10-12-7-5-4-6-8-12/h4-9H,3,10H2,1-2H3,(H,17,18). The molecule has 21 heavy (non-hydrogen) atoms. The normalized spacial score (nSPS) is 10.2. The van der Waals surface area contributed by atoms with Gasteiger partial charge >= 0.3 is 5.97 Å². The SMILES string of the molecule is CCOC(=O)c1cc(C)sc1NC(=O)Cc1ccccc1. The molecule has 0 fully saturated rings. The highest BCUT2D eigenvalue weighted by atomic mass is 32.1. The first-order chi connectivity index (χ1) is 10.1. The van der Waals surface area contributed by atoms with Gasteiger partial charge in [0.25, 0.3) is 0 Å². The molecule has 5 heteroatoms. The highest BCUT2D eigenvalue weighted by Gasteiger charge is 2.17.